The highest BCUT2D eigenvalue weighted by Crippen LogP contribution is 2.42. The number of anilines is 2. The van der Waals surface area contributed by atoms with Gasteiger partial charge < -0.3 is 19.9 Å². The van der Waals surface area contributed by atoms with Gasteiger partial charge in [0.1, 0.15) is 17.2 Å². The van der Waals surface area contributed by atoms with Gasteiger partial charge in [-0.05, 0) is 70.1 Å². The smallest absolute Gasteiger partial charge is 0.416 e. The molecule has 2 atom stereocenters. The number of hydrogen-bond donors (Lipinski definition) is 1. The van der Waals surface area contributed by atoms with Gasteiger partial charge in [0.15, 0.2) is 0 Å². The second-order valence-corrected chi connectivity index (χ2v) is 12.7. The van der Waals surface area contributed by atoms with E-state index in [-0.39, 0.29) is 41.2 Å². The third-order valence-corrected chi connectivity index (χ3v) is 7.81. The van der Waals surface area contributed by atoms with Crippen molar-refractivity contribution >= 4 is 23.6 Å². The van der Waals surface area contributed by atoms with E-state index in [1.165, 1.54) is 6.20 Å². The molecule has 11 heteroatoms. The maximum absolute atomic E-state index is 14.3. The van der Waals surface area contributed by atoms with E-state index < -0.39 is 23.4 Å². The Hall–Kier alpha value is -3.37. The number of aromatic nitrogens is 2. The van der Waals surface area contributed by atoms with Gasteiger partial charge in [-0.25, -0.2) is 14.8 Å². The highest BCUT2D eigenvalue weighted by molar-refractivity contribution is 5.93. The third-order valence-electron chi connectivity index (χ3n) is 7.81. The molecule has 1 saturated carbocycles. The average molecular weight is 590 g/mol. The number of piperazine rings is 1. The fourth-order valence-electron chi connectivity index (χ4n) is 5.24. The van der Waals surface area contributed by atoms with Crippen molar-refractivity contribution in [3.63, 3.8) is 0 Å². The molecule has 2 aromatic rings. The summed E-state index contributed by atoms with van der Waals surface area (Å²) in [6.45, 7) is 14.0. The van der Waals surface area contributed by atoms with E-state index in [4.69, 9.17) is 9.72 Å². The van der Waals surface area contributed by atoms with Crippen molar-refractivity contribution in [1.82, 2.24) is 14.9 Å². The fourth-order valence-corrected chi connectivity index (χ4v) is 5.24. The van der Waals surface area contributed by atoms with Crippen LogP contribution in [0, 0.1) is 11.8 Å². The molecule has 8 nitrogen and oxygen atoms in total. The summed E-state index contributed by atoms with van der Waals surface area (Å²) in [6.07, 6.45) is -1.01. The first-order chi connectivity index (χ1) is 19.6. The van der Waals surface area contributed by atoms with Crippen LogP contribution in [-0.2, 0) is 15.7 Å². The van der Waals surface area contributed by atoms with Crippen molar-refractivity contribution in [3.8, 4) is 11.3 Å². The molecule has 2 fully saturated rings. The lowest BCUT2D eigenvalue weighted by Crippen LogP contribution is -2.56. The van der Waals surface area contributed by atoms with Crippen LogP contribution in [0.25, 0.3) is 11.3 Å². The van der Waals surface area contributed by atoms with Gasteiger partial charge in [0, 0.05) is 42.9 Å². The van der Waals surface area contributed by atoms with E-state index in [2.05, 4.69) is 10.3 Å². The van der Waals surface area contributed by atoms with Gasteiger partial charge in [0.05, 0.1) is 17.3 Å². The molecule has 42 heavy (non-hydrogen) atoms. The van der Waals surface area contributed by atoms with E-state index in [9.17, 15) is 22.8 Å². The standard InChI is InChI=1S/C31H42F3N5O3/c1-8-19(4)28(40)37-27-26(18(2)3)22(11-12-35-27)23-15-21(31(32,33)34)16-25(36-23)39-14-13-38(17-24(39)20-9-10-20)29(41)42-30(5,6)7/h11-12,15-16,18-20,24H,8-10,13-14,17H2,1-7H3,(H,35,37,40). The second kappa shape index (κ2) is 12.1. The molecule has 3 heterocycles. The Balaban J connectivity index is 1.76. The van der Waals surface area contributed by atoms with Crippen LogP contribution in [0.4, 0.5) is 29.6 Å². The molecule has 2 unspecified atom stereocenters. The summed E-state index contributed by atoms with van der Waals surface area (Å²) < 4.78 is 48.4. The maximum atomic E-state index is 14.3. The van der Waals surface area contributed by atoms with Gasteiger partial charge in [0.2, 0.25) is 5.91 Å². The van der Waals surface area contributed by atoms with Crippen molar-refractivity contribution in [2.45, 2.75) is 91.5 Å². The van der Waals surface area contributed by atoms with Crippen LogP contribution in [-0.4, -0.2) is 58.1 Å². The van der Waals surface area contributed by atoms with Crippen molar-refractivity contribution in [2.24, 2.45) is 11.8 Å². The SMILES string of the molecule is CCC(C)C(=O)Nc1nccc(-c2cc(C(F)(F)F)cc(N3CCN(C(=O)OC(C)(C)C)CC3C3CC3)n2)c1C(C)C. The molecule has 0 spiro atoms. The lowest BCUT2D eigenvalue weighted by atomic mass is 9.94. The Morgan fingerprint density at radius 1 is 1.12 bits per heavy atom. The molecule has 2 aromatic heterocycles. The maximum Gasteiger partial charge on any atom is 0.416 e. The van der Waals surface area contributed by atoms with Crippen LogP contribution in [0.15, 0.2) is 24.4 Å². The number of carbonyl (C=O) groups is 2. The summed E-state index contributed by atoms with van der Waals surface area (Å²) in [4.78, 5) is 38.3. The predicted octanol–water partition coefficient (Wildman–Crippen LogP) is 7.11. The molecule has 1 N–H and O–H groups in total. The normalized spacial score (nSPS) is 18.7. The van der Waals surface area contributed by atoms with E-state index >= 15 is 0 Å². The van der Waals surface area contributed by atoms with E-state index in [1.807, 2.05) is 32.6 Å². The summed E-state index contributed by atoms with van der Waals surface area (Å²) in [6, 6.07) is 3.64. The number of alkyl halides is 3. The number of nitrogens with zero attached hydrogens (tertiary/aromatic N) is 4. The minimum absolute atomic E-state index is 0.155. The lowest BCUT2D eigenvalue weighted by molar-refractivity contribution is -0.137. The summed E-state index contributed by atoms with van der Waals surface area (Å²) >= 11 is 0. The number of hydrogen-bond acceptors (Lipinski definition) is 6. The van der Waals surface area contributed by atoms with Crippen molar-refractivity contribution in [1.29, 1.82) is 0 Å². The molecule has 2 amide bonds. The largest absolute Gasteiger partial charge is 0.444 e. The average Bonchev–Trinajstić information content (AvgIpc) is 3.76. The number of pyridine rings is 2. The highest BCUT2D eigenvalue weighted by Gasteiger charge is 2.42. The quantitative estimate of drug-likeness (QED) is 0.371. The lowest BCUT2D eigenvalue weighted by Gasteiger charge is -2.42. The van der Waals surface area contributed by atoms with E-state index in [1.54, 1.807) is 31.7 Å². The zero-order valence-corrected chi connectivity index (χ0v) is 25.5. The second-order valence-electron chi connectivity index (χ2n) is 12.7. The first kappa shape index (κ1) is 31.6. The van der Waals surface area contributed by atoms with Crippen LogP contribution in [0.2, 0.25) is 0 Å². The van der Waals surface area contributed by atoms with Gasteiger partial charge in [-0.2, -0.15) is 13.2 Å². The minimum atomic E-state index is -4.60. The highest BCUT2D eigenvalue weighted by atomic mass is 19.4. The van der Waals surface area contributed by atoms with Crippen LogP contribution in [0.1, 0.15) is 84.8 Å². The number of nitrogens with one attached hydrogen (secondary N) is 1. The molecule has 4 rings (SSSR count). The van der Waals surface area contributed by atoms with Gasteiger partial charge >= 0.3 is 12.3 Å². The molecule has 230 valence electrons. The number of amides is 2. The van der Waals surface area contributed by atoms with Gasteiger partial charge in [-0.1, -0.05) is 27.7 Å². The van der Waals surface area contributed by atoms with Crippen LogP contribution < -0.4 is 10.2 Å². The number of ether oxygens (including phenoxy) is 1. The first-order valence-electron chi connectivity index (χ1n) is 14.7. The third kappa shape index (κ3) is 7.33. The first-order valence-corrected chi connectivity index (χ1v) is 14.7. The molecule has 0 radical (unpaired) electrons. The Morgan fingerprint density at radius 3 is 2.38 bits per heavy atom. The summed E-state index contributed by atoms with van der Waals surface area (Å²) in [7, 11) is 0. The Morgan fingerprint density at radius 2 is 1.81 bits per heavy atom. The fraction of sp³-hybridized carbons (Fsp3) is 0.613. The van der Waals surface area contributed by atoms with Crippen LogP contribution >= 0.6 is 0 Å². The molecular weight excluding hydrogens is 547 g/mol. The zero-order chi connectivity index (χ0) is 31.0. The monoisotopic (exact) mass is 589 g/mol. The summed E-state index contributed by atoms with van der Waals surface area (Å²) in [5, 5.41) is 2.88. The van der Waals surface area contributed by atoms with Crippen LogP contribution in [0.3, 0.4) is 0 Å². The number of halogens is 3. The molecule has 1 aliphatic carbocycles. The van der Waals surface area contributed by atoms with E-state index in [0.29, 0.717) is 43.0 Å². The topological polar surface area (TPSA) is 87.7 Å². The number of carbonyl (C=O) groups excluding carboxylic acids is 2. The van der Waals surface area contributed by atoms with Crippen LogP contribution in [0.5, 0.6) is 0 Å². The summed E-state index contributed by atoms with van der Waals surface area (Å²) in [5.74, 6) is 0.207. The van der Waals surface area contributed by atoms with E-state index in [0.717, 1.165) is 25.0 Å². The van der Waals surface area contributed by atoms with Crippen molar-refractivity contribution in [2.75, 3.05) is 29.9 Å². The van der Waals surface area contributed by atoms with Gasteiger partial charge in [-0.3, -0.25) is 4.79 Å². The molecular formula is C31H42F3N5O3. The van der Waals surface area contributed by atoms with Crippen molar-refractivity contribution in [3.05, 3.63) is 35.5 Å². The molecule has 1 saturated heterocycles. The Labute approximate surface area is 246 Å². The predicted molar refractivity (Wildman–Crippen MR) is 156 cm³/mol. The van der Waals surface area contributed by atoms with Crippen molar-refractivity contribution < 1.29 is 27.5 Å². The van der Waals surface area contributed by atoms with Gasteiger partial charge in [0.25, 0.3) is 0 Å². The van der Waals surface area contributed by atoms with Gasteiger partial charge in [-0.15, -0.1) is 0 Å². The number of rotatable bonds is 7. The molecule has 1 aliphatic heterocycles. The Kier molecular flexibility index (Phi) is 9.08. The molecule has 2 aliphatic rings. The molecule has 0 aromatic carbocycles. The minimum Gasteiger partial charge on any atom is -0.444 e. The molecule has 0 bridgehead atoms. The summed E-state index contributed by atoms with van der Waals surface area (Å²) in [5.41, 5.74) is -0.174. The zero-order valence-electron chi connectivity index (χ0n) is 25.5. The Bertz CT molecular complexity index is 1300.